The first-order chi connectivity index (χ1) is 10.9. The van der Waals surface area contributed by atoms with E-state index in [4.69, 9.17) is 15.2 Å². The topological polar surface area (TPSA) is 116 Å². The summed E-state index contributed by atoms with van der Waals surface area (Å²) in [5.74, 6) is 0.685. The molecule has 8 nitrogen and oxygen atoms in total. The van der Waals surface area contributed by atoms with Crippen LogP contribution < -0.4 is 15.2 Å². The van der Waals surface area contributed by atoms with Gasteiger partial charge in [-0.15, -0.1) is 0 Å². The highest BCUT2D eigenvalue weighted by molar-refractivity contribution is 7.92. The number of methoxy groups -OCH3 is 1. The van der Waals surface area contributed by atoms with Gasteiger partial charge in [0.1, 0.15) is 12.4 Å². The highest BCUT2D eigenvalue weighted by Gasteiger charge is 2.16. The molecule has 2 rings (SSSR count). The number of nitrogen functional groups attached to an aromatic ring is 1. The molecule has 9 heteroatoms. The van der Waals surface area contributed by atoms with Crippen LogP contribution in [0.4, 0.5) is 11.5 Å². The predicted octanol–water partition coefficient (Wildman–Crippen LogP) is 1.40. The quantitative estimate of drug-likeness (QED) is 0.733. The molecule has 1 heterocycles. The van der Waals surface area contributed by atoms with Gasteiger partial charge in [-0.3, -0.25) is 4.72 Å². The first-order valence-electron chi connectivity index (χ1n) is 6.82. The SMILES string of the molecule is CCOc1cc(NS(=O)(=O)c2ccc(N)cc2)nc(COC)n1. The summed E-state index contributed by atoms with van der Waals surface area (Å²) < 4.78 is 37.4. The van der Waals surface area contributed by atoms with Crippen molar-refractivity contribution in [3.05, 3.63) is 36.2 Å². The maximum Gasteiger partial charge on any atom is 0.263 e. The lowest BCUT2D eigenvalue weighted by molar-refractivity contribution is 0.176. The molecule has 0 saturated heterocycles. The van der Waals surface area contributed by atoms with E-state index in [0.717, 1.165) is 0 Å². The van der Waals surface area contributed by atoms with Crippen LogP contribution >= 0.6 is 0 Å². The van der Waals surface area contributed by atoms with Crippen molar-refractivity contribution in [1.29, 1.82) is 0 Å². The van der Waals surface area contributed by atoms with E-state index in [1.165, 1.54) is 37.4 Å². The van der Waals surface area contributed by atoms with Gasteiger partial charge < -0.3 is 15.2 Å². The molecule has 0 aliphatic carbocycles. The number of rotatable bonds is 7. The van der Waals surface area contributed by atoms with Gasteiger partial charge in [-0.05, 0) is 31.2 Å². The zero-order valence-electron chi connectivity index (χ0n) is 12.8. The first-order valence-corrected chi connectivity index (χ1v) is 8.31. The summed E-state index contributed by atoms with van der Waals surface area (Å²) >= 11 is 0. The normalized spacial score (nSPS) is 11.2. The molecule has 0 aliphatic heterocycles. The van der Waals surface area contributed by atoms with Gasteiger partial charge in [-0.1, -0.05) is 0 Å². The lowest BCUT2D eigenvalue weighted by atomic mass is 10.3. The average Bonchev–Trinajstić information content (AvgIpc) is 2.47. The van der Waals surface area contributed by atoms with E-state index in [2.05, 4.69) is 14.7 Å². The van der Waals surface area contributed by atoms with Gasteiger partial charge in [0.15, 0.2) is 5.82 Å². The fraction of sp³-hybridized carbons (Fsp3) is 0.286. The van der Waals surface area contributed by atoms with Gasteiger partial charge in [0.05, 0.1) is 11.5 Å². The largest absolute Gasteiger partial charge is 0.478 e. The summed E-state index contributed by atoms with van der Waals surface area (Å²) in [6, 6.07) is 7.27. The molecule has 23 heavy (non-hydrogen) atoms. The van der Waals surface area contributed by atoms with Gasteiger partial charge in [-0.2, -0.15) is 4.98 Å². The van der Waals surface area contributed by atoms with Crippen LogP contribution in [0.5, 0.6) is 5.88 Å². The summed E-state index contributed by atoms with van der Waals surface area (Å²) in [5.41, 5.74) is 6.04. The smallest absolute Gasteiger partial charge is 0.263 e. The second kappa shape index (κ2) is 7.25. The molecule has 1 aromatic carbocycles. The van der Waals surface area contributed by atoms with Crippen molar-refractivity contribution in [3.8, 4) is 5.88 Å². The number of hydrogen-bond acceptors (Lipinski definition) is 7. The molecular formula is C14H18N4O4S. The lowest BCUT2D eigenvalue weighted by Crippen LogP contribution is -2.15. The van der Waals surface area contributed by atoms with Gasteiger partial charge in [0.2, 0.25) is 5.88 Å². The van der Waals surface area contributed by atoms with Crippen LogP contribution in [-0.4, -0.2) is 32.1 Å². The van der Waals surface area contributed by atoms with Crippen LogP contribution in [0.15, 0.2) is 35.2 Å². The van der Waals surface area contributed by atoms with Crippen molar-refractivity contribution in [1.82, 2.24) is 9.97 Å². The fourth-order valence-electron chi connectivity index (χ4n) is 1.78. The van der Waals surface area contributed by atoms with E-state index in [9.17, 15) is 8.42 Å². The minimum atomic E-state index is -3.79. The molecule has 0 bridgehead atoms. The molecular weight excluding hydrogens is 320 g/mol. The molecule has 0 amide bonds. The lowest BCUT2D eigenvalue weighted by Gasteiger charge is -2.10. The number of nitrogens with zero attached hydrogens (tertiary/aromatic N) is 2. The molecule has 2 aromatic rings. The maximum atomic E-state index is 12.4. The van der Waals surface area contributed by atoms with Gasteiger partial charge in [-0.25, -0.2) is 13.4 Å². The molecule has 0 unspecified atom stereocenters. The molecule has 0 radical (unpaired) electrons. The number of nitrogens with two attached hydrogens (primary N) is 1. The van der Waals surface area contributed by atoms with Crippen molar-refractivity contribution in [3.63, 3.8) is 0 Å². The Labute approximate surface area is 134 Å². The van der Waals surface area contributed by atoms with Crippen LogP contribution in [0, 0.1) is 0 Å². The van der Waals surface area contributed by atoms with Crippen LogP contribution in [-0.2, 0) is 21.4 Å². The van der Waals surface area contributed by atoms with E-state index < -0.39 is 10.0 Å². The summed E-state index contributed by atoms with van der Waals surface area (Å²) in [6.07, 6.45) is 0. The van der Waals surface area contributed by atoms with Crippen molar-refractivity contribution >= 4 is 21.5 Å². The second-order valence-corrected chi connectivity index (χ2v) is 6.23. The number of sulfonamides is 1. The molecule has 1 aromatic heterocycles. The number of anilines is 2. The monoisotopic (exact) mass is 338 g/mol. The highest BCUT2D eigenvalue weighted by Crippen LogP contribution is 2.19. The van der Waals surface area contributed by atoms with Gasteiger partial charge >= 0.3 is 0 Å². The summed E-state index contributed by atoms with van der Waals surface area (Å²) in [5, 5.41) is 0. The molecule has 3 N–H and O–H groups in total. The first kappa shape index (κ1) is 17.0. The van der Waals surface area contributed by atoms with E-state index in [1.54, 1.807) is 6.92 Å². The Morgan fingerprint density at radius 2 is 1.91 bits per heavy atom. The van der Waals surface area contributed by atoms with E-state index in [-0.39, 0.29) is 23.2 Å². The molecule has 0 saturated carbocycles. The summed E-state index contributed by atoms with van der Waals surface area (Å²) in [6.45, 7) is 2.33. The maximum absolute atomic E-state index is 12.4. The summed E-state index contributed by atoms with van der Waals surface area (Å²) in [7, 11) is -2.29. The van der Waals surface area contributed by atoms with Crippen molar-refractivity contribution in [2.45, 2.75) is 18.4 Å². The van der Waals surface area contributed by atoms with Crippen LogP contribution in [0.25, 0.3) is 0 Å². The molecule has 124 valence electrons. The number of hydrogen-bond donors (Lipinski definition) is 2. The number of aromatic nitrogens is 2. The van der Waals surface area contributed by atoms with Gasteiger partial charge in [0, 0.05) is 18.9 Å². The molecule has 0 atom stereocenters. The Morgan fingerprint density at radius 3 is 2.52 bits per heavy atom. The average molecular weight is 338 g/mol. The van der Waals surface area contributed by atoms with Crippen LogP contribution in [0.1, 0.15) is 12.7 Å². The highest BCUT2D eigenvalue weighted by atomic mass is 32.2. The minimum absolute atomic E-state index is 0.0802. The Morgan fingerprint density at radius 1 is 1.22 bits per heavy atom. The number of nitrogens with one attached hydrogen (secondary N) is 1. The molecule has 0 fully saturated rings. The van der Waals surface area contributed by atoms with Crippen LogP contribution in [0.2, 0.25) is 0 Å². The Kier molecular flexibility index (Phi) is 5.35. The zero-order chi connectivity index (χ0) is 16.9. The third kappa shape index (κ3) is 4.54. The molecule has 0 aliphatic rings. The third-order valence-corrected chi connectivity index (χ3v) is 4.11. The van der Waals surface area contributed by atoms with Crippen molar-refractivity contribution in [2.24, 2.45) is 0 Å². The Hall–Kier alpha value is -2.39. The fourth-order valence-corrected chi connectivity index (χ4v) is 2.78. The van der Waals surface area contributed by atoms with E-state index in [1.807, 2.05) is 0 Å². The number of ether oxygens (including phenoxy) is 2. The zero-order valence-corrected chi connectivity index (χ0v) is 13.6. The van der Waals surface area contributed by atoms with Crippen molar-refractivity contribution < 1.29 is 17.9 Å². The minimum Gasteiger partial charge on any atom is -0.478 e. The van der Waals surface area contributed by atoms with E-state index >= 15 is 0 Å². The molecule has 0 spiro atoms. The van der Waals surface area contributed by atoms with Crippen molar-refractivity contribution in [2.75, 3.05) is 24.2 Å². The summed E-state index contributed by atoms with van der Waals surface area (Å²) in [4.78, 5) is 8.30. The van der Waals surface area contributed by atoms with E-state index in [0.29, 0.717) is 18.1 Å². The standard InChI is InChI=1S/C14H18N4O4S/c1-3-22-14-8-12(16-13(17-14)9-21-2)18-23(19,20)11-6-4-10(15)5-7-11/h4-8H,3,9,15H2,1-2H3,(H,16,17,18). The van der Waals surface area contributed by atoms with Gasteiger partial charge in [0.25, 0.3) is 10.0 Å². The predicted molar refractivity (Wildman–Crippen MR) is 85.6 cm³/mol. The third-order valence-electron chi connectivity index (χ3n) is 2.74. The Balaban J connectivity index is 2.31. The Bertz CT molecular complexity index is 739. The van der Waals surface area contributed by atoms with Crippen LogP contribution in [0.3, 0.4) is 0 Å². The second-order valence-electron chi connectivity index (χ2n) is 4.55. The number of benzene rings is 1.